The third-order valence-electron chi connectivity index (χ3n) is 2.93. The third kappa shape index (κ3) is 2.95. The summed E-state index contributed by atoms with van der Waals surface area (Å²) in [7, 11) is 0. The number of nitrogens with zero attached hydrogens (tertiary/aromatic N) is 2. The highest BCUT2D eigenvalue weighted by atomic mass is 35.5. The van der Waals surface area contributed by atoms with Crippen LogP contribution in [0.3, 0.4) is 0 Å². The van der Waals surface area contributed by atoms with Gasteiger partial charge >= 0.3 is 0 Å². The van der Waals surface area contributed by atoms with Gasteiger partial charge in [-0.05, 0) is 23.8 Å². The van der Waals surface area contributed by atoms with E-state index in [0.29, 0.717) is 11.6 Å². The fourth-order valence-corrected chi connectivity index (χ4v) is 3.17. The molecule has 2 heterocycles. The lowest BCUT2D eigenvalue weighted by molar-refractivity contribution is 0.584. The van der Waals surface area contributed by atoms with Crippen molar-refractivity contribution < 1.29 is 4.39 Å². The molecule has 0 aliphatic rings. The first-order valence-electron chi connectivity index (χ1n) is 6.25. The van der Waals surface area contributed by atoms with Gasteiger partial charge in [-0.3, -0.25) is 0 Å². The molecule has 1 aromatic carbocycles. The molecule has 0 atom stereocenters. The van der Waals surface area contributed by atoms with Crippen LogP contribution >= 0.6 is 22.9 Å². The third-order valence-corrected chi connectivity index (χ3v) is 4.29. The molecule has 3 rings (SSSR count). The molecule has 0 unspecified atom stereocenters. The molecule has 3 aromatic rings. The summed E-state index contributed by atoms with van der Waals surface area (Å²) < 4.78 is 13.4. The van der Waals surface area contributed by atoms with Crippen molar-refractivity contribution in [3.63, 3.8) is 0 Å². The second-order valence-corrected chi connectivity index (χ2v) is 5.89. The molecule has 6 heteroatoms. The zero-order valence-electron chi connectivity index (χ0n) is 10.9. The molecule has 2 aromatic heterocycles. The molecule has 0 saturated heterocycles. The van der Waals surface area contributed by atoms with Crippen LogP contribution in [0.2, 0.25) is 5.02 Å². The molecule has 2 N–H and O–H groups in total. The van der Waals surface area contributed by atoms with Crippen LogP contribution in [-0.4, -0.2) is 9.97 Å². The van der Waals surface area contributed by atoms with Crippen LogP contribution in [-0.2, 0) is 6.54 Å². The quantitative estimate of drug-likeness (QED) is 0.739. The average molecular weight is 320 g/mol. The Morgan fingerprint density at radius 2 is 2.05 bits per heavy atom. The van der Waals surface area contributed by atoms with E-state index in [9.17, 15) is 4.39 Å². The van der Waals surface area contributed by atoms with Gasteiger partial charge in [-0.2, -0.15) is 4.39 Å². The molecule has 0 radical (unpaired) electrons. The highest BCUT2D eigenvalue weighted by molar-refractivity contribution is 7.15. The number of thiazole rings is 1. The summed E-state index contributed by atoms with van der Waals surface area (Å²) >= 11 is 7.49. The molecule has 0 spiro atoms. The van der Waals surface area contributed by atoms with Crippen molar-refractivity contribution in [1.29, 1.82) is 0 Å². The summed E-state index contributed by atoms with van der Waals surface area (Å²) in [6, 6.07) is 10.6. The van der Waals surface area contributed by atoms with E-state index < -0.39 is 5.95 Å². The van der Waals surface area contributed by atoms with Crippen molar-refractivity contribution in [1.82, 2.24) is 9.97 Å². The number of benzene rings is 1. The number of nitrogens with two attached hydrogens (primary N) is 1. The Morgan fingerprint density at radius 3 is 2.76 bits per heavy atom. The lowest BCUT2D eigenvalue weighted by Crippen LogP contribution is -1.94. The minimum absolute atomic E-state index is 0.339. The first-order valence-corrected chi connectivity index (χ1v) is 7.44. The van der Waals surface area contributed by atoms with Crippen molar-refractivity contribution in [2.45, 2.75) is 6.54 Å². The molecule has 0 amide bonds. The van der Waals surface area contributed by atoms with Gasteiger partial charge in [-0.15, -0.1) is 11.3 Å². The van der Waals surface area contributed by atoms with E-state index in [-0.39, 0.29) is 0 Å². The summed E-state index contributed by atoms with van der Waals surface area (Å²) in [4.78, 5) is 8.98. The SMILES string of the molecule is NCc1nc(-c2cccc(Cl)c2)c(-c2ccnc(F)c2)s1. The predicted molar refractivity (Wildman–Crippen MR) is 83.6 cm³/mol. The molecule has 3 nitrogen and oxygen atoms in total. The Hall–Kier alpha value is -1.82. The van der Waals surface area contributed by atoms with Crippen LogP contribution in [0.4, 0.5) is 4.39 Å². The number of rotatable bonds is 3. The maximum Gasteiger partial charge on any atom is 0.213 e. The maximum absolute atomic E-state index is 13.4. The Bertz CT molecular complexity index is 725. The Balaban J connectivity index is 2.18. The first-order chi connectivity index (χ1) is 10.2. The second-order valence-electron chi connectivity index (χ2n) is 4.37. The number of hydrogen-bond acceptors (Lipinski definition) is 4. The van der Waals surface area contributed by atoms with E-state index in [4.69, 9.17) is 17.3 Å². The van der Waals surface area contributed by atoms with Crippen LogP contribution in [0.1, 0.15) is 5.01 Å². The summed E-state index contributed by atoms with van der Waals surface area (Å²) in [5.41, 5.74) is 8.05. The lowest BCUT2D eigenvalue weighted by Gasteiger charge is -2.03. The van der Waals surface area contributed by atoms with E-state index >= 15 is 0 Å². The van der Waals surface area contributed by atoms with Gasteiger partial charge in [0.25, 0.3) is 0 Å². The maximum atomic E-state index is 13.4. The summed E-state index contributed by atoms with van der Waals surface area (Å²) in [6.07, 6.45) is 1.44. The van der Waals surface area contributed by atoms with Crippen LogP contribution in [0.15, 0.2) is 42.6 Å². The summed E-state index contributed by atoms with van der Waals surface area (Å²) in [5, 5.41) is 1.42. The van der Waals surface area contributed by atoms with Crippen molar-refractivity contribution >= 4 is 22.9 Å². The molecule has 0 aliphatic carbocycles. The van der Waals surface area contributed by atoms with Crippen LogP contribution in [0.5, 0.6) is 0 Å². The van der Waals surface area contributed by atoms with E-state index in [1.165, 1.54) is 23.6 Å². The normalized spacial score (nSPS) is 10.8. The van der Waals surface area contributed by atoms with E-state index in [2.05, 4.69) is 9.97 Å². The van der Waals surface area contributed by atoms with Gasteiger partial charge in [0, 0.05) is 29.4 Å². The Morgan fingerprint density at radius 1 is 1.19 bits per heavy atom. The van der Waals surface area contributed by atoms with Crippen molar-refractivity contribution in [2.24, 2.45) is 5.73 Å². The van der Waals surface area contributed by atoms with E-state index in [0.717, 1.165) is 26.7 Å². The zero-order chi connectivity index (χ0) is 14.8. The highest BCUT2D eigenvalue weighted by Crippen LogP contribution is 2.37. The molecular weight excluding hydrogens is 309 g/mol. The van der Waals surface area contributed by atoms with Gasteiger partial charge in [0.2, 0.25) is 5.95 Å². The number of aromatic nitrogens is 2. The topological polar surface area (TPSA) is 51.8 Å². The van der Waals surface area contributed by atoms with Crippen molar-refractivity contribution in [2.75, 3.05) is 0 Å². The minimum atomic E-state index is -0.521. The fourth-order valence-electron chi connectivity index (χ4n) is 2.02. The van der Waals surface area contributed by atoms with Crippen LogP contribution in [0.25, 0.3) is 21.7 Å². The van der Waals surface area contributed by atoms with Gasteiger partial charge in [-0.25, -0.2) is 9.97 Å². The fraction of sp³-hybridized carbons (Fsp3) is 0.0667. The van der Waals surface area contributed by atoms with Gasteiger partial charge < -0.3 is 5.73 Å². The van der Waals surface area contributed by atoms with E-state index in [1.54, 1.807) is 12.1 Å². The monoisotopic (exact) mass is 319 g/mol. The lowest BCUT2D eigenvalue weighted by atomic mass is 10.1. The molecule has 106 valence electrons. The number of halogens is 2. The van der Waals surface area contributed by atoms with E-state index in [1.807, 2.05) is 18.2 Å². The van der Waals surface area contributed by atoms with Crippen LogP contribution < -0.4 is 5.73 Å². The van der Waals surface area contributed by atoms with Gasteiger partial charge in [-0.1, -0.05) is 23.7 Å². The number of pyridine rings is 1. The Labute approximate surface area is 130 Å². The molecular formula is C15H11ClFN3S. The first kappa shape index (κ1) is 14.1. The smallest absolute Gasteiger partial charge is 0.213 e. The zero-order valence-corrected chi connectivity index (χ0v) is 12.5. The van der Waals surface area contributed by atoms with Crippen molar-refractivity contribution in [3.8, 4) is 21.7 Å². The highest BCUT2D eigenvalue weighted by Gasteiger charge is 2.15. The largest absolute Gasteiger partial charge is 0.325 e. The Kier molecular flexibility index (Phi) is 3.96. The number of hydrogen-bond donors (Lipinski definition) is 1. The van der Waals surface area contributed by atoms with Crippen molar-refractivity contribution in [3.05, 3.63) is 58.6 Å². The summed E-state index contributed by atoms with van der Waals surface area (Å²) in [6.45, 7) is 0.339. The molecule has 0 saturated carbocycles. The van der Waals surface area contributed by atoms with Crippen LogP contribution in [0, 0.1) is 5.95 Å². The summed E-state index contributed by atoms with van der Waals surface area (Å²) in [5.74, 6) is -0.521. The minimum Gasteiger partial charge on any atom is -0.325 e. The molecule has 0 fully saturated rings. The predicted octanol–water partition coefficient (Wildman–Crippen LogP) is 4.12. The van der Waals surface area contributed by atoms with Gasteiger partial charge in [0.1, 0.15) is 5.01 Å². The molecule has 21 heavy (non-hydrogen) atoms. The molecule has 0 aliphatic heterocycles. The standard InChI is InChI=1S/C15H11ClFN3S/c16-11-3-1-2-9(6-11)14-15(21-13(8-18)20-14)10-4-5-19-12(17)7-10/h1-7H,8,18H2. The van der Waals surface area contributed by atoms with Gasteiger partial charge in [0.15, 0.2) is 0 Å². The average Bonchev–Trinajstić information content (AvgIpc) is 2.91. The molecule has 0 bridgehead atoms. The second kappa shape index (κ2) is 5.89. The van der Waals surface area contributed by atoms with Gasteiger partial charge in [0.05, 0.1) is 10.6 Å².